The molecule has 1 unspecified atom stereocenters. The summed E-state index contributed by atoms with van der Waals surface area (Å²) in [5.41, 5.74) is 5.14. The summed E-state index contributed by atoms with van der Waals surface area (Å²) in [5, 5.41) is 18.0. The first-order valence-electron chi connectivity index (χ1n) is 4.85. The van der Waals surface area contributed by atoms with Gasteiger partial charge in [0.05, 0.1) is 0 Å². The highest BCUT2D eigenvalue weighted by Gasteiger charge is 2.29. The van der Waals surface area contributed by atoms with Crippen LogP contribution in [0, 0.1) is 0 Å². The third-order valence-corrected chi connectivity index (χ3v) is 2.34. The summed E-state index contributed by atoms with van der Waals surface area (Å²) in [6.07, 6.45) is 0. The summed E-state index contributed by atoms with van der Waals surface area (Å²) in [6, 6.07) is 6.49. The minimum atomic E-state index is -1.30. The number of anilines is 1. The Hall–Kier alpha value is -1.75. The Morgan fingerprint density at radius 1 is 1.44 bits per heavy atom. The van der Waals surface area contributed by atoms with E-state index in [1.54, 1.807) is 36.2 Å². The Kier molecular flexibility index (Phi) is 3.39. The van der Waals surface area contributed by atoms with Gasteiger partial charge in [0, 0.05) is 19.3 Å². The van der Waals surface area contributed by atoms with Crippen LogP contribution in [0.15, 0.2) is 24.3 Å². The fourth-order valence-electron chi connectivity index (χ4n) is 1.36. The molecule has 0 aromatic heterocycles. The van der Waals surface area contributed by atoms with E-state index in [0.29, 0.717) is 0 Å². The number of likely N-dealkylation sites (N-methyl/N-ethyl adjacent to an activating group) is 1. The Morgan fingerprint density at radius 2 is 1.94 bits per heavy atom. The van der Waals surface area contributed by atoms with E-state index in [1.807, 2.05) is 0 Å². The highest BCUT2D eigenvalue weighted by Crippen LogP contribution is 2.18. The zero-order valence-electron chi connectivity index (χ0n) is 9.34. The molecule has 0 fully saturated rings. The van der Waals surface area contributed by atoms with Gasteiger partial charge in [-0.15, -0.1) is 0 Å². The number of carbonyl (C=O) groups is 1. The Bertz CT molecular complexity index is 373. The van der Waals surface area contributed by atoms with Crippen LogP contribution in [0.3, 0.4) is 0 Å². The van der Waals surface area contributed by atoms with E-state index in [-0.39, 0.29) is 12.3 Å². The normalized spacial score (nSPS) is 14.2. The zero-order valence-corrected chi connectivity index (χ0v) is 9.34. The zero-order chi connectivity index (χ0) is 12.3. The second kappa shape index (κ2) is 4.40. The lowest BCUT2D eigenvalue weighted by molar-refractivity contribution is -0.142. The molecule has 5 heteroatoms. The molecule has 0 saturated heterocycles. The van der Waals surface area contributed by atoms with E-state index in [2.05, 4.69) is 0 Å². The van der Waals surface area contributed by atoms with Gasteiger partial charge in [-0.25, -0.2) is 0 Å². The Labute approximate surface area is 94.1 Å². The lowest BCUT2D eigenvalue weighted by Gasteiger charge is -2.28. The number of benzene rings is 1. The van der Waals surface area contributed by atoms with E-state index in [4.69, 9.17) is 15.9 Å². The fourth-order valence-corrected chi connectivity index (χ4v) is 1.36. The van der Waals surface area contributed by atoms with E-state index < -0.39 is 11.5 Å². The van der Waals surface area contributed by atoms with Crippen LogP contribution in [0.2, 0.25) is 0 Å². The summed E-state index contributed by atoms with van der Waals surface area (Å²) in [4.78, 5) is 12.6. The van der Waals surface area contributed by atoms with Gasteiger partial charge in [-0.3, -0.25) is 4.79 Å². The van der Waals surface area contributed by atoms with Crippen molar-refractivity contribution in [2.75, 3.05) is 18.5 Å². The van der Waals surface area contributed by atoms with E-state index >= 15 is 0 Å². The van der Waals surface area contributed by atoms with Crippen LogP contribution < -0.4 is 10.6 Å². The van der Waals surface area contributed by atoms with Crippen molar-refractivity contribution in [2.24, 2.45) is 5.73 Å². The number of aromatic hydroxyl groups is 1. The Morgan fingerprint density at radius 3 is 2.38 bits per heavy atom. The summed E-state index contributed by atoms with van der Waals surface area (Å²) in [7, 11) is 1.75. The molecule has 88 valence electrons. The molecule has 1 aromatic carbocycles. The highest BCUT2D eigenvalue weighted by molar-refractivity contribution is 5.79. The van der Waals surface area contributed by atoms with Gasteiger partial charge in [-0.2, -0.15) is 0 Å². The van der Waals surface area contributed by atoms with Crippen molar-refractivity contribution in [3.05, 3.63) is 24.3 Å². The standard InChI is InChI=1S/C11H16N2O3/c1-11(12,10(15)16)7-13(2)8-3-5-9(14)6-4-8/h3-6,14H,7,12H2,1-2H3,(H,15,16). The molecule has 0 aliphatic rings. The first kappa shape index (κ1) is 12.3. The van der Waals surface area contributed by atoms with Crippen molar-refractivity contribution in [2.45, 2.75) is 12.5 Å². The third kappa shape index (κ3) is 2.87. The number of aliphatic carboxylic acids is 1. The Balaban J connectivity index is 2.76. The van der Waals surface area contributed by atoms with Crippen LogP contribution in [-0.2, 0) is 4.79 Å². The number of carboxylic acid groups (broad SMARTS) is 1. The quantitative estimate of drug-likeness (QED) is 0.698. The molecular formula is C11H16N2O3. The van der Waals surface area contributed by atoms with E-state index in [1.165, 1.54) is 6.92 Å². The number of phenols is 1. The molecule has 1 aromatic rings. The van der Waals surface area contributed by atoms with Crippen LogP contribution in [-0.4, -0.2) is 35.3 Å². The van der Waals surface area contributed by atoms with Gasteiger partial charge in [0.15, 0.2) is 0 Å². The number of hydrogen-bond donors (Lipinski definition) is 3. The molecule has 0 aliphatic heterocycles. The average molecular weight is 224 g/mol. The fraction of sp³-hybridized carbons (Fsp3) is 0.364. The van der Waals surface area contributed by atoms with Crippen molar-refractivity contribution < 1.29 is 15.0 Å². The van der Waals surface area contributed by atoms with Crippen molar-refractivity contribution in [3.63, 3.8) is 0 Å². The lowest BCUT2D eigenvalue weighted by atomic mass is 10.0. The van der Waals surface area contributed by atoms with Crippen LogP contribution in [0.25, 0.3) is 0 Å². The summed E-state index contributed by atoms with van der Waals surface area (Å²) < 4.78 is 0. The van der Waals surface area contributed by atoms with E-state index in [0.717, 1.165) is 5.69 Å². The minimum absolute atomic E-state index is 0.172. The number of nitrogens with zero attached hydrogens (tertiary/aromatic N) is 1. The number of hydrogen-bond acceptors (Lipinski definition) is 4. The maximum absolute atomic E-state index is 10.9. The van der Waals surface area contributed by atoms with Gasteiger partial charge in [0.25, 0.3) is 0 Å². The summed E-state index contributed by atoms with van der Waals surface area (Å²) >= 11 is 0. The van der Waals surface area contributed by atoms with Gasteiger partial charge < -0.3 is 20.8 Å². The van der Waals surface area contributed by atoms with Crippen molar-refractivity contribution in [1.29, 1.82) is 0 Å². The van der Waals surface area contributed by atoms with Crippen LogP contribution in [0.5, 0.6) is 5.75 Å². The molecule has 1 atom stereocenters. The molecule has 0 radical (unpaired) electrons. The smallest absolute Gasteiger partial charge is 0.325 e. The second-order valence-corrected chi connectivity index (χ2v) is 4.10. The number of rotatable bonds is 4. The van der Waals surface area contributed by atoms with Crippen molar-refractivity contribution in [1.82, 2.24) is 0 Å². The second-order valence-electron chi connectivity index (χ2n) is 4.10. The van der Waals surface area contributed by atoms with Gasteiger partial charge in [0.1, 0.15) is 11.3 Å². The monoisotopic (exact) mass is 224 g/mol. The molecule has 16 heavy (non-hydrogen) atoms. The lowest BCUT2D eigenvalue weighted by Crippen LogP contribution is -2.53. The van der Waals surface area contributed by atoms with Gasteiger partial charge in [-0.1, -0.05) is 0 Å². The van der Waals surface area contributed by atoms with Crippen LogP contribution >= 0.6 is 0 Å². The molecule has 0 amide bonds. The molecule has 0 bridgehead atoms. The average Bonchev–Trinajstić information content (AvgIpc) is 2.17. The number of phenolic OH excluding ortho intramolecular Hbond substituents is 1. The van der Waals surface area contributed by atoms with Crippen LogP contribution in [0.4, 0.5) is 5.69 Å². The first-order chi connectivity index (χ1) is 7.33. The van der Waals surface area contributed by atoms with Crippen molar-refractivity contribution in [3.8, 4) is 5.75 Å². The molecule has 0 heterocycles. The van der Waals surface area contributed by atoms with Gasteiger partial charge in [-0.05, 0) is 31.2 Å². The molecule has 4 N–H and O–H groups in total. The molecule has 1 rings (SSSR count). The number of nitrogens with two attached hydrogens (primary N) is 1. The van der Waals surface area contributed by atoms with Gasteiger partial charge in [0.2, 0.25) is 0 Å². The molecule has 0 aliphatic carbocycles. The molecular weight excluding hydrogens is 208 g/mol. The van der Waals surface area contributed by atoms with Crippen LogP contribution in [0.1, 0.15) is 6.92 Å². The highest BCUT2D eigenvalue weighted by atomic mass is 16.4. The maximum Gasteiger partial charge on any atom is 0.325 e. The van der Waals surface area contributed by atoms with Crippen molar-refractivity contribution >= 4 is 11.7 Å². The predicted octanol–water partition coefficient (Wildman–Crippen LogP) is 0.630. The third-order valence-electron chi connectivity index (χ3n) is 2.34. The SMILES string of the molecule is CN(CC(C)(N)C(=O)O)c1ccc(O)cc1. The maximum atomic E-state index is 10.9. The molecule has 5 nitrogen and oxygen atoms in total. The molecule has 0 spiro atoms. The minimum Gasteiger partial charge on any atom is -0.508 e. The first-order valence-corrected chi connectivity index (χ1v) is 4.85. The summed E-state index contributed by atoms with van der Waals surface area (Å²) in [5.74, 6) is -0.871. The molecule has 0 saturated carbocycles. The largest absolute Gasteiger partial charge is 0.508 e. The summed E-state index contributed by atoms with van der Waals surface area (Å²) in [6.45, 7) is 1.65. The number of carboxylic acids is 1. The topological polar surface area (TPSA) is 86.8 Å². The van der Waals surface area contributed by atoms with E-state index in [9.17, 15) is 4.79 Å². The van der Waals surface area contributed by atoms with Gasteiger partial charge >= 0.3 is 5.97 Å². The predicted molar refractivity (Wildman–Crippen MR) is 61.6 cm³/mol.